The van der Waals surface area contributed by atoms with Crippen molar-refractivity contribution in [1.82, 2.24) is 4.98 Å². The van der Waals surface area contributed by atoms with Gasteiger partial charge in [0.15, 0.2) is 5.15 Å². The number of nitrogens with two attached hydrogens (primary N) is 1. The summed E-state index contributed by atoms with van der Waals surface area (Å²) in [6, 6.07) is 1.94. The number of hydrogen-bond donors (Lipinski definition) is 1. The summed E-state index contributed by atoms with van der Waals surface area (Å²) in [5, 5.41) is 0.410. The minimum absolute atomic E-state index is 0.410. The molecule has 0 unspecified atom stereocenters. The molecule has 1 aliphatic rings. The first-order valence-corrected chi connectivity index (χ1v) is 5.32. The van der Waals surface area contributed by atoms with Gasteiger partial charge in [0.1, 0.15) is 0 Å². The fourth-order valence-electron chi connectivity index (χ4n) is 1.85. The molecule has 1 aliphatic heterocycles. The van der Waals surface area contributed by atoms with E-state index < -0.39 is 0 Å². The highest BCUT2D eigenvalue weighted by Crippen LogP contribution is 2.29. The molecule has 14 heavy (non-hydrogen) atoms. The van der Waals surface area contributed by atoms with Gasteiger partial charge in [-0.25, -0.2) is 4.98 Å². The fourth-order valence-corrected chi connectivity index (χ4v) is 2.00. The minimum atomic E-state index is 0.410. The number of anilines is 2. The van der Waals surface area contributed by atoms with Crippen molar-refractivity contribution in [1.29, 1.82) is 0 Å². The lowest BCUT2D eigenvalue weighted by Crippen LogP contribution is -2.30. The molecule has 2 rings (SSSR count). The average molecular weight is 212 g/mol. The lowest BCUT2D eigenvalue weighted by molar-refractivity contribution is 0.578. The summed E-state index contributed by atoms with van der Waals surface area (Å²) in [5.41, 5.74) is 7.52. The second-order valence-electron chi connectivity index (χ2n) is 3.58. The van der Waals surface area contributed by atoms with Crippen molar-refractivity contribution >= 4 is 23.0 Å². The summed E-state index contributed by atoms with van der Waals surface area (Å²) >= 11 is 5.87. The van der Waals surface area contributed by atoms with Gasteiger partial charge in [0.05, 0.1) is 11.4 Å². The minimum Gasteiger partial charge on any atom is -0.395 e. The van der Waals surface area contributed by atoms with Crippen molar-refractivity contribution in [3.05, 3.63) is 17.4 Å². The quantitative estimate of drug-likeness (QED) is 0.725. The van der Waals surface area contributed by atoms with E-state index in [0.29, 0.717) is 10.8 Å². The van der Waals surface area contributed by atoms with Crippen LogP contribution in [0.5, 0.6) is 0 Å². The molecule has 3 nitrogen and oxygen atoms in total. The van der Waals surface area contributed by atoms with Crippen molar-refractivity contribution in [2.24, 2.45) is 0 Å². The first-order valence-electron chi connectivity index (χ1n) is 4.94. The van der Waals surface area contributed by atoms with Crippen molar-refractivity contribution in [3.8, 4) is 0 Å². The first-order chi connectivity index (χ1) is 6.79. The Morgan fingerprint density at radius 2 is 2.00 bits per heavy atom. The van der Waals surface area contributed by atoms with Gasteiger partial charge >= 0.3 is 0 Å². The van der Waals surface area contributed by atoms with Gasteiger partial charge < -0.3 is 10.6 Å². The summed E-state index contributed by atoms with van der Waals surface area (Å²) in [7, 11) is 0. The maximum Gasteiger partial charge on any atom is 0.154 e. The second-order valence-corrected chi connectivity index (χ2v) is 3.94. The van der Waals surface area contributed by atoms with Crippen molar-refractivity contribution < 1.29 is 0 Å². The first kappa shape index (κ1) is 9.59. The molecular formula is C10H14ClN3. The molecule has 76 valence electrons. The molecule has 1 saturated heterocycles. The standard InChI is InChI=1S/C10H14ClN3/c11-10-9(12)8(4-5-13-10)14-6-2-1-3-7-14/h4-5H,1-3,6-7,12H2. The molecule has 1 fully saturated rings. The van der Waals surface area contributed by atoms with E-state index in [1.165, 1.54) is 19.3 Å². The number of nitrogens with zero attached hydrogens (tertiary/aromatic N) is 2. The van der Waals surface area contributed by atoms with Crippen molar-refractivity contribution in [2.45, 2.75) is 19.3 Å². The Labute approximate surface area is 88.9 Å². The Balaban J connectivity index is 2.26. The lowest BCUT2D eigenvalue weighted by Gasteiger charge is -2.29. The van der Waals surface area contributed by atoms with E-state index in [9.17, 15) is 0 Å². The van der Waals surface area contributed by atoms with Gasteiger partial charge in [-0.3, -0.25) is 0 Å². The predicted molar refractivity (Wildman–Crippen MR) is 59.7 cm³/mol. The lowest BCUT2D eigenvalue weighted by atomic mass is 10.1. The summed E-state index contributed by atoms with van der Waals surface area (Å²) < 4.78 is 0. The third kappa shape index (κ3) is 1.77. The molecule has 4 heteroatoms. The van der Waals surface area contributed by atoms with E-state index in [-0.39, 0.29) is 0 Å². The maximum absolute atomic E-state index is 5.88. The Hall–Kier alpha value is -0.960. The monoisotopic (exact) mass is 211 g/mol. The third-order valence-electron chi connectivity index (χ3n) is 2.62. The van der Waals surface area contributed by atoms with Crippen LogP contribution in [-0.2, 0) is 0 Å². The highest BCUT2D eigenvalue weighted by Gasteiger charge is 2.14. The molecule has 0 aliphatic carbocycles. The van der Waals surface area contributed by atoms with Gasteiger partial charge in [-0.1, -0.05) is 11.6 Å². The molecule has 0 atom stereocenters. The Kier molecular flexibility index (Phi) is 2.77. The topological polar surface area (TPSA) is 42.1 Å². The zero-order valence-electron chi connectivity index (χ0n) is 8.04. The Morgan fingerprint density at radius 3 is 2.71 bits per heavy atom. The third-order valence-corrected chi connectivity index (χ3v) is 2.92. The van der Waals surface area contributed by atoms with Gasteiger partial charge in [-0.15, -0.1) is 0 Å². The number of halogens is 1. The van der Waals surface area contributed by atoms with Crippen LogP contribution in [0.4, 0.5) is 11.4 Å². The molecule has 0 spiro atoms. The van der Waals surface area contributed by atoms with E-state index in [4.69, 9.17) is 17.3 Å². The summed E-state index contributed by atoms with van der Waals surface area (Å²) in [6.07, 6.45) is 5.50. The zero-order chi connectivity index (χ0) is 9.97. The van der Waals surface area contributed by atoms with Gasteiger partial charge in [-0.05, 0) is 25.3 Å². The van der Waals surface area contributed by atoms with Gasteiger partial charge in [0, 0.05) is 19.3 Å². The van der Waals surface area contributed by atoms with E-state index in [1.54, 1.807) is 6.20 Å². The molecule has 1 aromatic rings. The van der Waals surface area contributed by atoms with E-state index in [2.05, 4.69) is 9.88 Å². The molecule has 2 heterocycles. The summed E-state index contributed by atoms with van der Waals surface area (Å²) in [4.78, 5) is 6.23. The van der Waals surface area contributed by atoms with Crippen LogP contribution in [0.2, 0.25) is 5.15 Å². The van der Waals surface area contributed by atoms with E-state index >= 15 is 0 Å². The normalized spacial score (nSPS) is 17.1. The number of hydrogen-bond acceptors (Lipinski definition) is 3. The highest BCUT2D eigenvalue weighted by molar-refractivity contribution is 6.32. The van der Waals surface area contributed by atoms with Crippen LogP contribution in [0.3, 0.4) is 0 Å². The largest absolute Gasteiger partial charge is 0.395 e. The van der Waals surface area contributed by atoms with Crippen LogP contribution in [0.15, 0.2) is 12.3 Å². The zero-order valence-corrected chi connectivity index (χ0v) is 8.80. The second kappa shape index (κ2) is 4.05. The number of pyridine rings is 1. The van der Waals surface area contributed by atoms with Crippen LogP contribution in [-0.4, -0.2) is 18.1 Å². The molecule has 0 bridgehead atoms. The molecule has 1 aromatic heterocycles. The van der Waals surface area contributed by atoms with Gasteiger partial charge in [0.25, 0.3) is 0 Å². The van der Waals surface area contributed by atoms with Crippen LogP contribution in [0, 0.1) is 0 Å². The average Bonchev–Trinajstić information content (AvgIpc) is 2.23. The van der Waals surface area contributed by atoms with E-state index in [1.807, 2.05) is 6.07 Å². The SMILES string of the molecule is Nc1c(N2CCCCC2)ccnc1Cl. The fraction of sp³-hybridized carbons (Fsp3) is 0.500. The van der Waals surface area contributed by atoms with E-state index in [0.717, 1.165) is 18.8 Å². The van der Waals surface area contributed by atoms with Crippen molar-refractivity contribution in [2.75, 3.05) is 23.7 Å². The number of nitrogen functional groups attached to an aromatic ring is 1. The molecular weight excluding hydrogens is 198 g/mol. The number of piperidine rings is 1. The summed E-state index contributed by atoms with van der Waals surface area (Å²) in [5.74, 6) is 0. The van der Waals surface area contributed by atoms with Crippen LogP contribution >= 0.6 is 11.6 Å². The predicted octanol–water partition coefficient (Wildman–Crippen LogP) is 2.31. The van der Waals surface area contributed by atoms with Crippen molar-refractivity contribution in [3.63, 3.8) is 0 Å². The number of aromatic nitrogens is 1. The van der Waals surface area contributed by atoms with Crippen LogP contribution < -0.4 is 10.6 Å². The molecule has 0 saturated carbocycles. The molecule has 0 amide bonds. The number of rotatable bonds is 1. The molecule has 2 N–H and O–H groups in total. The smallest absolute Gasteiger partial charge is 0.154 e. The maximum atomic E-state index is 5.88. The molecule has 0 radical (unpaired) electrons. The Bertz CT molecular complexity index is 321. The highest BCUT2D eigenvalue weighted by atomic mass is 35.5. The summed E-state index contributed by atoms with van der Waals surface area (Å²) in [6.45, 7) is 2.15. The van der Waals surface area contributed by atoms with Crippen LogP contribution in [0.25, 0.3) is 0 Å². The molecule has 0 aromatic carbocycles. The van der Waals surface area contributed by atoms with Gasteiger partial charge in [0.2, 0.25) is 0 Å². The van der Waals surface area contributed by atoms with Gasteiger partial charge in [-0.2, -0.15) is 0 Å². The Morgan fingerprint density at radius 1 is 1.29 bits per heavy atom. The van der Waals surface area contributed by atoms with Crippen LogP contribution in [0.1, 0.15) is 19.3 Å².